The van der Waals surface area contributed by atoms with E-state index in [4.69, 9.17) is 4.74 Å². The topological polar surface area (TPSA) is 72.9 Å². The molecular weight excluding hydrogens is 214 g/mol. The summed E-state index contributed by atoms with van der Waals surface area (Å²) >= 11 is 0. The highest BCUT2D eigenvalue weighted by Gasteiger charge is 2.29. The molecule has 0 saturated heterocycles. The smallest absolute Gasteiger partial charge is 0.332 e. The molecule has 1 unspecified atom stereocenters. The van der Waals surface area contributed by atoms with E-state index in [1.807, 2.05) is 0 Å². The standard InChI is InChI=1S/C10H17NO5/c1-7(9(14)16-10(3,4)5)11(8(2)13)15-6-12/h6-7H,1-5H3. The van der Waals surface area contributed by atoms with Gasteiger partial charge in [0.2, 0.25) is 0 Å². The summed E-state index contributed by atoms with van der Waals surface area (Å²) in [7, 11) is 0. The van der Waals surface area contributed by atoms with Crippen molar-refractivity contribution in [2.75, 3.05) is 0 Å². The first kappa shape index (κ1) is 14.4. The minimum Gasteiger partial charge on any atom is -0.458 e. The van der Waals surface area contributed by atoms with Crippen molar-refractivity contribution in [2.24, 2.45) is 0 Å². The second kappa shape index (κ2) is 5.48. The molecule has 0 aromatic carbocycles. The molecule has 0 aliphatic carbocycles. The molecule has 1 amide bonds. The Morgan fingerprint density at radius 2 is 1.81 bits per heavy atom. The van der Waals surface area contributed by atoms with E-state index < -0.39 is 23.5 Å². The van der Waals surface area contributed by atoms with Gasteiger partial charge in [-0.05, 0) is 27.7 Å². The lowest BCUT2D eigenvalue weighted by molar-refractivity contribution is -0.203. The van der Waals surface area contributed by atoms with Gasteiger partial charge in [-0.15, -0.1) is 0 Å². The average Bonchev–Trinajstić information content (AvgIpc) is 2.09. The molecular formula is C10H17NO5. The van der Waals surface area contributed by atoms with Crippen molar-refractivity contribution in [3.05, 3.63) is 0 Å². The fourth-order valence-electron chi connectivity index (χ4n) is 0.967. The van der Waals surface area contributed by atoms with Gasteiger partial charge in [-0.3, -0.25) is 9.59 Å². The lowest BCUT2D eigenvalue weighted by atomic mass is 10.2. The quantitative estimate of drug-likeness (QED) is 0.403. The maximum absolute atomic E-state index is 11.6. The Morgan fingerprint density at radius 1 is 1.31 bits per heavy atom. The predicted molar refractivity (Wildman–Crippen MR) is 55.0 cm³/mol. The summed E-state index contributed by atoms with van der Waals surface area (Å²) in [5.74, 6) is -1.19. The second-order valence-corrected chi connectivity index (χ2v) is 4.26. The fraction of sp³-hybridized carbons (Fsp3) is 0.700. The highest BCUT2D eigenvalue weighted by Crippen LogP contribution is 2.11. The number of rotatable bonds is 4. The van der Waals surface area contributed by atoms with Gasteiger partial charge >= 0.3 is 12.4 Å². The predicted octanol–water partition coefficient (Wildman–Crippen LogP) is 0.653. The third kappa shape index (κ3) is 4.77. The molecule has 0 bridgehead atoms. The Hall–Kier alpha value is -1.59. The zero-order valence-electron chi connectivity index (χ0n) is 10.1. The first-order chi connectivity index (χ1) is 7.19. The van der Waals surface area contributed by atoms with Crippen LogP contribution in [0.25, 0.3) is 0 Å². The molecule has 6 nitrogen and oxygen atoms in total. The third-order valence-electron chi connectivity index (χ3n) is 1.57. The number of esters is 1. The molecule has 0 spiro atoms. The summed E-state index contributed by atoms with van der Waals surface area (Å²) in [6.45, 7) is 7.80. The molecule has 1 atom stereocenters. The molecule has 0 aromatic rings. The van der Waals surface area contributed by atoms with E-state index in [1.54, 1.807) is 20.8 Å². The van der Waals surface area contributed by atoms with Gasteiger partial charge in [0.25, 0.3) is 5.91 Å². The van der Waals surface area contributed by atoms with Crippen molar-refractivity contribution in [3.8, 4) is 0 Å². The number of nitrogens with zero attached hydrogens (tertiary/aromatic N) is 1. The number of carbonyl (C=O) groups is 3. The summed E-state index contributed by atoms with van der Waals surface area (Å²) in [6, 6.07) is -0.970. The summed E-state index contributed by atoms with van der Waals surface area (Å²) in [5, 5.41) is 0.668. The first-order valence-corrected chi connectivity index (χ1v) is 4.82. The largest absolute Gasteiger partial charge is 0.458 e. The van der Waals surface area contributed by atoms with Crippen molar-refractivity contribution in [1.29, 1.82) is 0 Å². The fourth-order valence-corrected chi connectivity index (χ4v) is 0.967. The molecule has 0 aromatic heterocycles. The summed E-state index contributed by atoms with van der Waals surface area (Å²) in [6.07, 6.45) is 0. The van der Waals surface area contributed by atoms with Gasteiger partial charge < -0.3 is 9.57 Å². The van der Waals surface area contributed by atoms with Crippen LogP contribution in [-0.4, -0.2) is 35.1 Å². The Balaban J connectivity index is 4.61. The van der Waals surface area contributed by atoms with Crippen LogP contribution in [-0.2, 0) is 24.0 Å². The number of amides is 1. The van der Waals surface area contributed by atoms with E-state index in [2.05, 4.69) is 4.84 Å². The van der Waals surface area contributed by atoms with Crippen LogP contribution in [0.3, 0.4) is 0 Å². The zero-order chi connectivity index (χ0) is 12.9. The monoisotopic (exact) mass is 231 g/mol. The summed E-state index contributed by atoms with van der Waals surface area (Å²) in [5.41, 5.74) is -0.658. The normalized spacial score (nSPS) is 12.6. The van der Waals surface area contributed by atoms with Crippen molar-refractivity contribution >= 4 is 18.3 Å². The Morgan fingerprint density at radius 3 is 2.12 bits per heavy atom. The third-order valence-corrected chi connectivity index (χ3v) is 1.57. The first-order valence-electron chi connectivity index (χ1n) is 4.82. The van der Waals surface area contributed by atoms with Gasteiger partial charge in [-0.25, -0.2) is 4.79 Å². The van der Waals surface area contributed by atoms with Crippen LogP contribution in [0.5, 0.6) is 0 Å². The van der Waals surface area contributed by atoms with Crippen LogP contribution >= 0.6 is 0 Å². The van der Waals surface area contributed by atoms with Crippen molar-refractivity contribution in [2.45, 2.75) is 46.3 Å². The van der Waals surface area contributed by atoms with Gasteiger partial charge in [0.05, 0.1) is 0 Å². The maximum atomic E-state index is 11.6. The van der Waals surface area contributed by atoms with E-state index in [0.29, 0.717) is 5.06 Å². The molecule has 0 aliphatic rings. The molecule has 0 rings (SSSR count). The lowest BCUT2D eigenvalue weighted by Gasteiger charge is -2.26. The Bertz CT molecular complexity index is 281. The van der Waals surface area contributed by atoms with Gasteiger partial charge in [0.15, 0.2) is 6.04 Å². The van der Waals surface area contributed by atoms with Crippen molar-refractivity contribution in [3.63, 3.8) is 0 Å². The minimum absolute atomic E-state index is 0.0856. The molecule has 0 aliphatic heterocycles. The van der Waals surface area contributed by atoms with Crippen molar-refractivity contribution < 1.29 is 24.0 Å². The molecule has 6 heteroatoms. The summed E-state index contributed by atoms with van der Waals surface area (Å²) < 4.78 is 5.05. The van der Waals surface area contributed by atoms with E-state index in [0.717, 1.165) is 0 Å². The number of carbonyl (C=O) groups excluding carboxylic acids is 3. The zero-order valence-corrected chi connectivity index (χ0v) is 10.1. The molecule has 92 valence electrons. The molecule has 0 fully saturated rings. The minimum atomic E-state index is -0.970. The summed E-state index contributed by atoms with van der Waals surface area (Å²) in [4.78, 5) is 37.2. The van der Waals surface area contributed by atoms with Gasteiger partial charge in [0, 0.05) is 6.92 Å². The molecule has 0 heterocycles. The number of hydrogen-bond acceptors (Lipinski definition) is 5. The van der Waals surface area contributed by atoms with Crippen LogP contribution in [0.4, 0.5) is 0 Å². The Labute approximate surface area is 94.4 Å². The van der Waals surface area contributed by atoms with Gasteiger partial charge in [0.1, 0.15) is 5.60 Å². The average molecular weight is 231 g/mol. The van der Waals surface area contributed by atoms with E-state index in [9.17, 15) is 14.4 Å². The molecule has 0 N–H and O–H groups in total. The highest BCUT2D eigenvalue weighted by molar-refractivity contribution is 5.82. The van der Waals surface area contributed by atoms with Crippen LogP contribution in [0.1, 0.15) is 34.6 Å². The second-order valence-electron chi connectivity index (χ2n) is 4.26. The maximum Gasteiger partial charge on any atom is 0.332 e. The number of ether oxygens (including phenoxy) is 1. The lowest BCUT2D eigenvalue weighted by Crippen LogP contribution is -2.44. The van der Waals surface area contributed by atoms with Gasteiger partial charge in [-0.1, -0.05) is 0 Å². The Kier molecular flexibility index (Phi) is 4.94. The van der Waals surface area contributed by atoms with Crippen molar-refractivity contribution in [1.82, 2.24) is 5.06 Å². The number of hydrogen-bond donors (Lipinski definition) is 0. The van der Waals surface area contributed by atoms with Crippen LogP contribution in [0, 0.1) is 0 Å². The van der Waals surface area contributed by atoms with E-state index in [-0.39, 0.29) is 6.47 Å². The molecule has 0 radical (unpaired) electrons. The van der Waals surface area contributed by atoms with E-state index >= 15 is 0 Å². The van der Waals surface area contributed by atoms with Crippen LogP contribution in [0.2, 0.25) is 0 Å². The molecule has 16 heavy (non-hydrogen) atoms. The molecule has 0 saturated carbocycles. The van der Waals surface area contributed by atoms with Gasteiger partial charge in [-0.2, -0.15) is 5.06 Å². The van der Waals surface area contributed by atoms with E-state index in [1.165, 1.54) is 13.8 Å². The number of hydroxylamine groups is 2. The van der Waals surface area contributed by atoms with Crippen LogP contribution < -0.4 is 0 Å². The SMILES string of the molecule is CC(=O)N(OC=O)C(C)C(=O)OC(C)(C)C. The van der Waals surface area contributed by atoms with Crippen LogP contribution in [0.15, 0.2) is 0 Å². The highest BCUT2D eigenvalue weighted by atomic mass is 16.7.